The van der Waals surface area contributed by atoms with Crippen LogP contribution in [0.4, 0.5) is 4.79 Å². The summed E-state index contributed by atoms with van der Waals surface area (Å²) in [4.78, 5) is 13.7. The number of benzene rings is 1. The minimum absolute atomic E-state index is 0.126. The van der Waals surface area contributed by atoms with E-state index in [0.717, 1.165) is 12.0 Å². The summed E-state index contributed by atoms with van der Waals surface area (Å²) in [5.41, 5.74) is 0.650. The normalized spacial score (nSPS) is 18.0. The number of nitrogens with zero attached hydrogens (tertiary/aromatic N) is 1. The number of rotatable bonds is 6. The lowest BCUT2D eigenvalue weighted by Crippen LogP contribution is -2.36. The molecule has 1 aliphatic heterocycles. The lowest BCUT2D eigenvalue weighted by atomic mass is 10.2. The maximum Gasteiger partial charge on any atom is 0.410 e. The molecule has 2 N–H and O–H groups in total. The van der Waals surface area contributed by atoms with Crippen LogP contribution in [-0.4, -0.2) is 42.0 Å². The van der Waals surface area contributed by atoms with Gasteiger partial charge in [0.1, 0.15) is 11.7 Å². The van der Waals surface area contributed by atoms with E-state index in [1.807, 2.05) is 51.1 Å². The molecule has 0 spiro atoms. The molecule has 0 bridgehead atoms. The van der Waals surface area contributed by atoms with Crippen molar-refractivity contribution in [3.05, 3.63) is 47.9 Å². The molecule has 1 saturated heterocycles. The Bertz CT molecular complexity index is 608. The molecule has 136 valence electrons. The molecular weight excluding hydrogens is 318 g/mol. The highest BCUT2D eigenvalue weighted by atomic mass is 16.6. The van der Waals surface area contributed by atoms with Gasteiger partial charge in [0.15, 0.2) is 5.76 Å². The molecule has 6 heteroatoms. The molecule has 1 unspecified atom stereocenters. The Morgan fingerprint density at radius 1 is 1.36 bits per heavy atom. The number of ether oxygens (including phenoxy) is 2. The first-order valence-electron chi connectivity index (χ1n) is 8.50. The maximum atomic E-state index is 12.1. The van der Waals surface area contributed by atoms with Gasteiger partial charge in [0, 0.05) is 25.7 Å². The summed E-state index contributed by atoms with van der Waals surface area (Å²) in [5.74, 6) is 0.451. The van der Waals surface area contributed by atoms with Crippen LogP contribution in [0.15, 0.2) is 42.3 Å². The van der Waals surface area contributed by atoms with Gasteiger partial charge in [0.2, 0.25) is 0 Å². The highest BCUT2D eigenvalue weighted by Gasteiger charge is 2.30. The predicted octanol–water partition coefficient (Wildman–Crippen LogP) is 3.29. The molecule has 1 fully saturated rings. The van der Waals surface area contributed by atoms with Gasteiger partial charge in [0.05, 0.1) is 12.8 Å². The Balaban J connectivity index is 1.80. The number of hydrogen-bond acceptors (Lipinski definition) is 5. The molecule has 1 aromatic carbocycles. The Kier molecular flexibility index (Phi) is 6.44. The molecule has 6 nitrogen and oxygen atoms in total. The summed E-state index contributed by atoms with van der Waals surface area (Å²) < 4.78 is 11.2. The molecule has 1 atom stereocenters. The monoisotopic (exact) mass is 345 g/mol. The van der Waals surface area contributed by atoms with E-state index in [9.17, 15) is 4.79 Å². The Labute approximate surface area is 149 Å². The zero-order valence-corrected chi connectivity index (χ0v) is 15.1. The number of allylic oxidation sites excluding steroid dienone is 1. The smallest absolute Gasteiger partial charge is 0.410 e. The van der Waals surface area contributed by atoms with Crippen molar-refractivity contribution < 1.29 is 14.3 Å². The molecular formula is C19H27N3O3. The molecule has 1 amide bonds. The van der Waals surface area contributed by atoms with Crippen LogP contribution in [0.3, 0.4) is 0 Å². The third-order valence-electron chi connectivity index (χ3n) is 3.64. The van der Waals surface area contributed by atoms with Crippen LogP contribution in [0.25, 0.3) is 0 Å². The zero-order chi connectivity index (χ0) is 18.3. The number of carbonyl (C=O) groups excluding carboxylic acids is 1. The minimum Gasteiger partial charge on any atom is -0.485 e. The van der Waals surface area contributed by atoms with E-state index in [4.69, 9.17) is 14.9 Å². The van der Waals surface area contributed by atoms with Gasteiger partial charge in [-0.05, 0) is 26.3 Å². The lowest BCUT2D eigenvalue weighted by molar-refractivity contribution is 0.0262. The fourth-order valence-corrected chi connectivity index (χ4v) is 2.48. The van der Waals surface area contributed by atoms with E-state index in [0.29, 0.717) is 25.4 Å². The summed E-state index contributed by atoms with van der Waals surface area (Å²) >= 11 is 0. The first-order chi connectivity index (χ1) is 11.9. The second-order valence-corrected chi connectivity index (χ2v) is 7.01. The first kappa shape index (κ1) is 18.8. The van der Waals surface area contributed by atoms with E-state index in [1.165, 1.54) is 6.21 Å². The highest BCUT2D eigenvalue weighted by molar-refractivity contribution is 5.72. The molecule has 0 radical (unpaired) electrons. The van der Waals surface area contributed by atoms with E-state index in [2.05, 4.69) is 5.32 Å². The van der Waals surface area contributed by atoms with Crippen molar-refractivity contribution in [1.29, 1.82) is 5.41 Å². The maximum absolute atomic E-state index is 12.1. The average Bonchev–Trinajstić information content (AvgIpc) is 3.02. The van der Waals surface area contributed by atoms with Crippen LogP contribution >= 0.6 is 0 Å². The highest BCUT2D eigenvalue weighted by Crippen LogP contribution is 2.18. The number of nitrogens with one attached hydrogen (secondary N) is 2. The van der Waals surface area contributed by atoms with Crippen molar-refractivity contribution in [2.24, 2.45) is 0 Å². The Morgan fingerprint density at radius 3 is 2.72 bits per heavy atom. The van der Waals surface area contributed by atoms with Gasteiger partial charge in [0.25, 0.3) is 0 Å². The van der Waals surface area contributed by atoms with Gasteiger partial charge in [-0.1, -0.05) is 30.3 Å². The predicted molar refractivity (Wildman–Crippen MR) is 97.4 cm³/mol. The van der Waals surface area contributed by atoms with E-state index >= 15 is 0 Å². The quantitative estimate of drug-likeness (QED) is 0.613. The van der Waals surface area contributed by atoms with Crippen LogP contribution in [0.2, 0.25) is 0 Å². The zero-order valence-electron chi connectivity index (χ0n) is 15.1. The van der Waals surface area contributed by atoms with Gasteiger partial charge >= 0.3 is 6.09 Å². The number of carbonyl (C=O) groups is 1. The van der Waals surface area contributed by atoms with Gasteiger partial charge in [-0.15, -0.1) is 0 Å². The molecule has 1 aliphatic rings. The summed E-state index contributed by atoms with van der Waals surface area (Å²) in [7, 11) is 0. The third-order valence-corrected chi connectivity index (χ3v) is 3.64. The first-order valence-corrected chi connectivity index (χ1v) is 8.50. The molecule has 1 aromatic rings. The Hall–Kier alpha value is -2.50. The van der Waals surface area contributed by atoms with Crippen molar-refractivity contribution >= 4 is 12.3 Å². The number of hydrogen-bond donors (Lipinski definition) is 2. The van der Waals surface area contributed by atoms with E-state index in [1.54, 1.807) is 11.1 Å². The van der Waals surface area contributed by atoms with Crippen LogP contribution in [-0.2, 0) is 16.0 Å². The second-order valence-electron chi connectivity index (χ2n) is 7.01. The summed E-state index contributed by atoms with van der Waals surface area (Å²) in [6.45, 7) is 7.28. The SMILES string of the molecule is CC(C)(C)OC(=O)N1CCC(O/C(C=N)=C/NCc2ccccc2)C1. The van der Waals surface area contributed by atoms with Crippen LogP contribution < -0.4 is 5.32 Å². The fourth-order valence-electron chi connectivity index (χ4n) is 2.48. The fraction of sp³-hybridized carbons (Fsp3) is 0.474. The van der Waals surface area contributed by atoms with E-state index < -0.39 is 5.60 Å². The molecule has 0 aliphatic carbocycles. The number of likely N-dealkylation sites (tertiary alicyclic amines) is 1. The van der Waals surface area contributed by atoms with Crippen molar-refractivity contribution in [2.45, 2.75) is 45.4 Å². The molecule has 2 rings (SSSR count). The van der Waals surface area contributed by atoms with Gasteiger partial charge < -0.3 is 25.1 Å². The molecule has 0 aromatic heterocycles. The van der Waals surface area contributed by atoms with Crippen LogP contribution in [0.5, 0.6) is 0 Å². The van der Waals surface area contributed by atoms with Gasteiger partial charge in [-0.2, -0.15) is 0 Å². The second kappa shape index (κ2) is 8.55. The Morgan fingerprint density at radius 2 is 2.08 bits per heavy atom. The minimum atomic E-state index is -0.503. The molecule has 25 heavy (non-hydrogen) atoms. The topological polar surface area (TPSA) is 74.6 Å². The summed E-state index contributed by atoms with van der Waals surface area (Å²) in [6.07, 6.45) is 3.15. The van der Waals surface area contributed by atoms with Crippen molar-refractivity contribution in [3.8, 4) is 0 Å². The molecule has 0 saturated carbocycles. The summed E-state index contributed by atoms with van der Waals surface area (Å²) in [5, 5.41) is 10.6. The van der Waals surface area contributed by atoms with Crippen molar-refractivity contribution in [1.82, 2.24) is 10.2 Å². The van der Waals surface area contributed by atoms with E-state index in [-0.39, 0.29) is 12.2 Å². The van der Waals surface area contributed by atoms with Gasteiger partial charge in [-0.3, -0.25) is 0 Å². The van der Waals surface area contributed by atoms with Crippen molar-refractivity contribution in [3.63, 3.8) is 0 Å². The van der Waals surface area contributed by atoms with Crippen LogP contribution in [0.1, 0.15) is 32.8 Å². The molecule has 1 heterocycles. The largest absolute Gasteiger partial charge is 0.485 e. The van der Waals surface area contributed by atoms with Gasteiger partial charge in [-0.25, -0.2) is 4.79 Å². The number of amides is 1. The standard InChI is InChI=1S/C19H27N3O3/c1-19(2,3)25-18(23)22-10-9-16(14-22)24-17(11-20)13-21-12-15-7-5-4-6-8-15/h4-8,11,13,16,20-21H,9-10,12,14H2,1-3H3/b17-13+,20-11?. The third kappa shape index (κ3) is 6.49. The average molecular weight is 345 g/mol. The lowest BCUT2D eigenvalue weighted by Gasteiger charge is -2.24. The van der Waals surface area contributed by atoms with Crippen molar-refractivity contribution in [2.75, 3.05) is 13.1 Å². The van der Waals surface area contributed by atoms with Crippen LogP contribution in [0, 0.1) is 5.41 Å². The summed E-state index contributed by atoms with van der Waals surface area (Å²) in [6, 6.07) is 10.0.